The number of benzene rings is 2. The molecule has 1 aliphatic rings. The molecule has 13 nitrogen and oxygen atoms in total. The van der Waals surface area contributed by atoms with Crippen LogP contribution >= 0.6 is 0 Å². The highest BCUT2D eigenvalue weighted by Crippen LogP contribution is 2.33. The highest BCUT2D eigenvalue weighted by Gasteiger charge is 2.40. The van der Waals surface area contributed by atoms with Crippen molar-refractivity contribution in [1.82, 2.24) is 15.5 Å². The molecule has 0 radical (unpaired) electrons. The van der Waals surface area contributed by atoms with E-state index in [1.165, 1.54) is 24.0 Å². The third-order valence-electron chi connectivity index (χ3n) is 7.53. The minimum atomic E-state index is -1.32. The summed E-state index contributed by atoms with van der Waals surface area (Å²) < 4.78 is 0. The number of carboxylic acids is 2. The van der Waals surface area contributed by atoms with Gasteiger partial charge in [-0.15, -0.1) is 0 Å². The summed E-state index contributed by atoms with van der Waals surface area (Å²) in [6.45, 7) is 7.17. The number of rotatable bonds is 13. The fourth-order valence-corrected chi connectivity index (χ4v) is 5.23. The van der Waals surface area contributed by atoms with E-state index in [9.17, 15) is 39.0 Å². The fraction of sp³-hybridized carbons (Fsp3) is 0.412. The highest BCUT2D eigenvalue weighted by molar-refractivity contribution is 5.99. The number of urea groups is 1. The summed E-state index contributed by atoms with van der Waals surface area (Å²) in [5.74, 6) is -4.07. The van der Waals surface area contributed by atoms with Crippen LogP contribution < -0.4 is 21.3 Å². The Bertz CT molecular complexity index is 1470. The number of carbonyl (C=O) groups excluding carboxylic acids is 4. The molecule has 2 aromatic rings. The number of carboxylic acid groups (broad SMARTS) is 2. The number of carbonyl (C=O) groups is 6. The van der Waals surface area contributed by atoms with Gasteiger partial charge in [-0.1, -0.05) is 63.3 Å². The number of amides is 5. The Balaban J connectivity index is 1.58. The predicted molar refractivity (Wildman–Crippen MR) is 176 cm³/mol. The Hall–Kier alpha value is -5.20. The smallest absolute Gasteiger partial charge is 0.326 e. The molecule has 6 N–H and O–H groups in total. The minimum Gasteiger partial charge on any atom is -0.480 e. The van der Waals surface area contributed by atoms with E-state index < -0.39 is 47.9 Å². The molecule has 13 heteroatoms. The van der Waals surface area contributed by atoms with Gasteiger partial charge >= 0.3 is 18.0 Å². The van der Waals surface area contributed by atoms with Gasteiger partial charge in [0.25, 0.3) is 0 Å². The Kier molecular flexibility index (Phi) is 12.6. The van der Waals surface area contributed by atoms with Crippen molar-refractivity contribution in [2.24, 2.45) is 5.41 Å². The topological polar surface area (TPSA) is 194 Å². The van der Waals surface area contributed by atoms with Crippen LogP contribution in [-0.4, -0.2) is 75.5 Å². The second kappa shape index (κ2) is 16.4. The summed E-state index contributed by atoms with van der Waals surface area (Å²) in [5, 5.41) is 29.7. The van der Waals surface area contributed by atoms with Crippen molar-refractivity contribution in [3.05, 3.63) is 72.3 Å². The van der Waals surface area contributed by atoms with E-state index in [4.69, 9.17) is 0 Å². The van der Waals surface area contributed by atoms with Gasteiger partial charge < -0.3 is 36.4 Å². The summed E-state index contributed by atoms with van der Waals surface area (Å²) in [5.41, 5.74) is 1.72. The Morgan fingerprint density at radius 3 is 1.87 bits per heavy atom. The molecule has 3 rings (SSSR count). The minimum absolute atomic E-state index is 0.0695. The van der Waals surface area contributed by atoms with Crippen molar-refractivity contribution in [2.75, 3.05) is 17.2 Å². The number of hydrogen-bond acceptors (Lipinski definition) is 6. The zero-order valence-electron chi connectivity index (χ0n) is 27.0. The maximum absolute atomic E-state index is 13.3. The van der Waals surface area contributed by atoms with E-state index >= 15 is 0 Å². The second-order valence-electron chi connectivity index (χ2n) is 12.7. The number of aliphatic carboxylic acids is 2. The number of likely N-dealkylation sites (tertiary alicyclic amines) is 1. The number of anilines is 2. The first-order valence-corrected chi connectivity index (χ1v) is 15.3. The molecule has 5 amide bonds. The van der Waals surface area contributed by atoms with Crippen LogP contribution in [0.3, 0.4) is 0 Å². The van der Waals surface area contributed by atoms with Crippen LogP contribution in [0.15, 0.2) is 66.7 Å². The molecule has 1 heterocycles. The van der Waals surface area contributed by atoms with Gasteiger partial charge in [0.2, 0.25) is 17.7 Å². The summed E-state index contributed by atoms with van der Waals surface area (Å²) in [6.07, 6.45) is 3.11. The Labute approximate surface area is 273 Å². The first kappa shape index (κ1) is 36.3. The average Bonchev–Trinajstić information content (AvgIpc) is 3.44. The Morgan fingerprint density at radius 1 is 0.830 bits per heavy atom. The van der Waals surface area contributed by atoms with Gasteiger partial charge in [-0.3, -0.25) is 14.4 Å². The molecule has 1 saturated heterocycles. The van der Waals surface area contributed by atoms with Crippen LogP contribution in [0.4, 0.5) is 16.2 Å². The van der Waals surface area contributed by atoms with Gasteiger partial charge in [-0.05, 0) is 54.5 Å². The molecule has 47 heavy (non-hydrogen) atoms. The fourth-order valence-electron chi connectivity index (χ4n) is 5.23. The van der Waals surface area contributed by atoms with Crippen molar-refractivity contribution in [3.63, 3.8) is 0 Å². The monoisotopic (exact) mass is 649 g/mol. The molecule has 0 aliphatic carbocycles. The summed E-state index contributed by atoms with van der Waals surface area (Å²) in [7, 11) is 0. The number of nitrogens with zero attached hydrogens (tertiary/aromatic N) is 1. The lowest BCUT2D eigenvalue weighted by atomic mass is 9.92. The van der Waals surface area contributed by atoms with E-state index in [2.05, 4.69) is 21.3 Å². The number of nitrogens with one attached hydrogen (secondary N) is 4. The first-order valence-electron chi connectivity index (χ1n) is 15.3. The number of para-hydroxylation sites is 1. The van der Waals surface area contributed by atoms with Gasteiger partial charge in [0.05, 0.1) is 0 Å². The van der Waals surface area contributed by atoms with Crippen LogP contribution in [0, 0.1) is 5.41 Å². The summed E-state index contributed by atoms with van der Waals surface area (Å²) in [6, 6.07) is 12.2. The zero-order valence-corrected chi connectivity index (χ0v) is 27.0. The van der Waals surface area contributed by atoms with Gasteiger partial charge in [-0.25, -0.2) is 14.4 Å². The molecule has 2 aromatic carbocycles. The van der Waals surface area contributed by atoms with E-state index in [0.717, 1.165) is 5.56 Å². The SMILES string of the molecule is CC(=O)N1CC(c2ccc(NC(=O)Nc3ccccc3)cc2)CC1C(=O)NC(C/C=C/CC(NC(=O)CC(C)(C)C)C(=O)O)C(=O)O. The van der Waals surface area contributed by atoms with Gasteiger partial charge in [0.1, 0.15) is 18.1 Å². The van der Waals surface area contributed by atoms with Gasteiger partial charge in [-0.2, -0.15) is 0 Å². The van der Waals surface area contributed by atoms with Crippen molar-refractivity contribution < 1.29 is 39.0 Å². The predicted octanol–water partition coefficient (Wildman–Crippen LogP) is 3.95. The molecule has 252 valence electrons. The van der Waals surface area contributed by atoms with E-state index in [1.807, 2.05) is 39.0 Å². The molecule has 0 aromatic heterocycles. The standard InChI is InChI=1S/C34H43N5O8/c1-21(40)39-20-23(22-14-16-25(17-15-22)36-33(47)35-24-10-6-5-7-11-24)18-28(39)30(42)38-27(32(45)46)13-9-8-12-26(31(43)44)37-29(41)19-34(2,3)4/h5-11,14-17,23,26-28H,12-13,18-20H2,1-4H3,(H,37,41)(H,38,42)(H,43,44)(H,45,46)(H2,35,36,47)/b9-8+. The molecule has 1 aliphatic heterocycles. The molecular formula is C34H43N5O8. The normalized spacial score (nSPS) is 17.4. The lowest BCUT2D eigenvalue weighted by molar-refractivity contribution is -0.143. The third-order valence-corrected chi connectivity index (χ3v) is 7.53. The van der Waals surface area contributed by atoms with E-state index in [-0.39, 0.29) is 49.5 Å². The Morgan fingerprint density at radius 2 is 1.36 bits per heavy atom. The van der Waals surface area contributed by atoms with Crippen LogP contribution in [0.2, 0.25) is 0 Å². The molecule has 0 spiro atoms. The molecule has 0 bridgehead atoms. The largest absolute Gasteiger partial charge is 0.480 e. The van der Waals surface area contributed by atoms with E-state index in [1.54, 1.807) is 36.4 Å². The van der Waals surface area contributed by atoms with Crippen LogP contribution in [-0.2, 0) is 24.0 Å². The zero-order chi connectivity index (χ0) is 34.7. The first-order chi connectivity index (χ1) is 22.1. The molecule has 0 saturated carbocycles. The second-order valence-corrected chi connectivity index (χ2v) is 12.7. The number of hydrogen-bond donors (Lipinski definition) is 6. The van der Waals surface area contributed by atoms with Crippen LogP contribution in [0.1, 0.15) is 64.9 Å². The third kappa shape index (κ3) is 11.6. The van der Waals surface area contributed by atoms with Crippen molar-refractivity contribution in [2.45, 2.75) is 77.4 Å². The molecule has 1 fully saturated rings. The maximum atomic E-state index is 13.3. The summed E-state index contributed by atoms with van der Waals surface area (Å²) in [4.78, 5) is 75.2. The lowest BCUT2D eigenvalue weighted by Gasteiger charge is -2.24. The van der Waals surface area contributed by atoms with Crippen LogP contribution in [0.5, 0.6) is 0 Å². The lowest BCUT2D eigenvalue weighted by Crippen LogP contribution is -2.50. The maximum Gasteiger partial charge on any atom is 0.326 e. The van der Waals surface area contributed by atoms with Gasteiger partial charge in [0.15, 0.2) is 0 Å². The van der Waals surface area contributed by atoms with Crippen LogP contribution in [0.25, 0.3) is 0 Å². The molecule has 4 atom stereocenters. The van der Waals surface area contributed by atoms with E-state index in [0.29, 0.717) is 11.4 Å². The van der Waals surface area contributed by atoms with Crippen molar-refractivity contribution >= 4 is 47.1 Å². The molecular weight excluding hydrogens is 606 g/mol. The van der Waals surface area contributed by atoms with Gasteiger partial charge in [0, 0.05) is 37.2 Å². The summed E-state index contributed by atoms with van der Waals surface area (Å²) >= 11 is 0. The quantitative estimate of drug-likeness (QED) is 0.176. The van der Waals surface area contributed by atoms with Crippen molar-refractivity contribution in [3.8, 4) is 0 Å². The average molecular weight is 650 g/mol. The molecule has 4 unspecified atom stereocenters. The highest BCUT2D eigenvalue weighted by atomic mass is 16.4. The van der Waals surface area contributed by atoms with Crippen molar-refractivity contribution in [1.29, 1.82) is 0 Å².